The minimum absolute atomic E-state index is 0.286. The molecule has 2 aromatic rings. The third kappa shape index (κ3) is 4.33. The Morgan fingerprint density at radius 2 is 1.68 bits per heavy atom. The van der Waals surface area contributed by atoms with Gasteiger partial charge in [0, 0.05) is 22.2 Å². The summed E-state index contributed by atoms with van der Waals surface area (Å²) < 4.78 is 27.2. The Morgan fingerprint density at radius 1 is 1.00 bits per heavy atom. The summed E-state index contributed by atoms with van der Waals surface area (Å²) in [5, 5.41) is 2.17. The number of carbonyl (C=O) groups excluding carboxylic acids is 2. The molecule has 1 amide bonds. The van der Waals surface area contributed by atoms with Crippen LogP contribution < -0.4 is 5.32 Å². The van der Waals surface area contributed by atoms with Crippen LogP contribution in [0.5, 0.6) is 0 Å². The van der Waals surface area contributed by atoms with Gasteiger partial charge in [-0.1, -0.05) is 15.9 Å². The maximum atomic E-state index is 13.4. The van der Waals surface area contributed by atoms with E-state index in [2.05, 4.69) is 21.2 Å². The van der Waals surface area contributed by atoms with Gasteiger partial charge in [-0.25, -0.2) is 8.78 Å². The number of ketones is 1. The lowest BCUT2D eigenvalue weighted by molar-refractivity contribution is -0.111. The monoisotopic (exact) mass is 365 g/mol. The molecule has 2 aromatic carbocycles. The molecule has 0 unspecified atom stereocenters. The molecule has 0 atom stereocenters. The molecule has 0 aromatic heterocycles. The second-order valence-corrected chi connectivity index (χ2v) is 5.23. The van der Waals surface area contributed by atoms with Gasteiger partial charge in [-0.05, 0) is 42.5 Å². The van der Waals surface area contributed by atoms with E-state index in [1.54, 1.807) is 24.3 Å². The van der Waals surface area contributed by atoms with E-state index in [0.717, 1.165) is 34.8 Å². The number of hydrogen-bond acceptors (Lipinski definition) is 2. The summed E-state index contributed by atoms with van der Waals surface area (Å²) in [7, 11) is 0. The zero-order valence-electron chi connectivity index (χ0n) is 11.1. The molecule has 1 N–H and O–H groups in total. The van der Waals surface area contributed by atoms with Gasteiger partial charge in [-0.2, -0.15) is 0 Å². The molecule has 22 heavy (non-hydrogen) atoms. The van der Waals surface area contributed by atoms with Crippen molar-refractivity contribution in [2.45, 2.75) is 0 Å². The highest BCUT2D eigenvalue weighted by Gasteiger charge is 2.07. The number of halogens is 3. The average Bonchev–Trinajstić information content (AvgIpc) is 2.49. The summed E-state index contributed by atoms with van der Waals surface area (Å²) in [6, 6.07) is 9.30. The van der Waals surface area contributed by atoms with Crippen LogP contribution in [0.1, 0.15) is 10.4 Å². The van der Waals surface area contributed by atoms with Crippen molar-refractivity contribution in [2.75, 3.05) is 5.32 Å². The molecular formula is C16H10BrF2NO2. The molecule has 0 bridgehead atoms. The van der Waals surface area contributed by atoms with Gasteiger partial charge in [-0.15, -0.1) is 0 Å². The Labute approximate surface area is 133 Å². The second kappa shape index (κ2) is 7.09. The Hall–Kier alpha value is -2.34. The normalized spacial score (nSPS) is 10.7. The van der Waals surface area contributed by atoms with Crippen LogP contribution in [0.25, 0.3) is 0 Å². The summed E-state index contributed by atoms with van der Waals surface area (Å²) in [6.45, 7) is 0. The SMILES string of the molecule is O=C(/C=C/C(=O)c1ccc(Br)cc1)Nc1cc(F)ccc1F. The Bertz CT molecular complexity index is 742. The fraction of sp³-hybridized carbons (Fsp3) is 0. The van der Waals surface area contributed by atoms with Crippen LogP contribution in [0.2, 0.25) is 0 Å². The number of allylic oxidation sites excluding steroid dienone is 1. The Balaban J connectivity index is 2.03. The van der Waals surface area contributed by atoms with Crippen molar-refractivity contribution in [3.8, 4) is 0 Å². The lowest BCUT2D eigenvalue weighted by Crippen LogP contribution is -2.10. The molecule has 2 rings (SSSR count). The average molecular weight is 366 g/mol. The van der Waals surface area contributed by atoms with Crippen molar-refractivity contribution >= 4 is 33.3 Å². The van der Waals surface area contributed by atoms with Gasteiger partial charge in [-0.3, -0.25) is 9.59 Å². The van der Waals surface area contributed by atoms with Crippen LogP contribution in [0.3, 0.4) is 0 Å². The minimum atomic E-state index is -0.762. The van der Waals surface area contributed by atoms with Gasteiger partial charge in [0.1, 0.15) is 11.6 Å². The van der Waals surface area contributed by atoms with Gasteiger partial charge < -0.3 is 5.32 Å². The van der Waals surface area contributed by atoms with Crippen LogP contribution >= 0.6 is 15.9 Å². The lowest BCUT2D eigenvalue weighted by atomic mass is 10.1. The van der Waals surface area contributed by atoms with E-state index >= 15 is 0 Å². The molecular weight excluding hydrogens is 356 g/mol. The summed E-state index contributed by atoms with van der Waals surface area (Å²) >= 11 is 3.25. The number of hydrogen-bond donors (Lipinski definition) is 1. The van der Waals surface area contributed by atoms with Gasteiger partial charge in [0.2, 0.25) is 5.91 Å². The highest BCUT2D eigenvalue weighted by Crippen LogP contribution is 2.15. The van der Waals surface area contributed by atoms with Crippen molar-refractivity contribution in [1.29, 1.82) is 0 Å². The largest absolute Gasteiger partial charge is 0.320 e. The molecule has 0 radical (unpaired) electrons. The van der Waals surface area contributed by atoms with Gasteiger partial charge in [0.15, 0.2) is 5.78 Å². The van der Waals surface area contributed by atoms with Crippen LogP contribution in [0.4, 0.5) is 14.5 Å². The zero-order valence-corrected chi connectivity index (χ0v) is 12.7. The maximum Gasteiger partial charge on any atom is 0.248 e. The Morgan fingerprint density at radius 3 is 2.36 bits per heavy atom. The molecule has 0 aliphatic carbocycles. The molecule has 0 aliphatic heterocycles. The second-order valence-electron chi connectivity index (χ2n) is 4.32. The van der Waals surface area contributed by atoms with E-state index in [9.17, 15) is 18.4 Å². The maximum absolute atomic E-state index is 13.4. The standard InChI is InChI=1S/C16H10BrF2NO2/c17-11-3-1-10(2-4-11)15(21)7-8-16(22)20-14-9-12(18)5-6-13(14)19/h1-9H,(H,20,22)/b8-7+. The smallest absolute Gasteiger partial charge is 0.248 e. The third-order valence-corrected chi connectivity index (χ3v) is 3.23. The molecule has 6 heteroatoms. The van der Waals surface area contributed by atoms with E-state index in [-0.39, 0.29) is 11.5 Å². The molecule has 0 saturated carbocycles. The lowest BCUT2D eigenvalue weighted by Gasteiger charge is -2.03. The van der Waals surface area contributed by atoms with Crippen molar-refractivity contribution in [3.63, 3.8) is 0 Å². The molecule has 0 fully saturated rings. The summed E-state index contributed by atoms with van der Waals surface area (Å²) in [5.41, 5.74) is 0.120. The first kappa shape index (κ1) is 16.0. The van der Waals surface area contributed by atoms with Crippen molar-refractivity contribution in [2.24, 2.45) is 0 Å². The van der Waals surface area contributed by atoms with E-state index < -0.39 is 17.5 Å². The van der Waals surface area contributed by atoms with Crippen LogP contribution in [-0.2, 0) is 4.79 Å². The van der Waals surface area contributed by atoms with Gasteiger partial charge in [0.05, 0.1) is 5.69 Å². The number of carbonyl (C=O) groups is 2. The van der Waals surface area contributed by atoms with Crippen molar-refractivity contribution < 1.29 is 18.4 Å². The summed E-state index contributed by atoms with van der Waals surface area (Å²) in [4.78, 5) is 23.4. The highest BCUT2D eigenvalue weighted by atomic mass is 79.9. The fourth-order valence-electron chi connectivity index (χ4n) is 1.63. The number of nitrogens with one attached hydrogen (secondary N) is 1. The molecule has 112 valence electrons. The molecule has 0 saturated heterocycles. The van der Waals surface area contributed by atoms with Gasteiger partial charge in [0.25, 0.3) is 0 Å². The first-order chi connectivity index (χ1) is 10.5. The minimum Gasteiger partial charge on any atom is -0.320 e. The number of benzene rings is 2. The molecule has 0 spiro atoms. The predicted octanol–water partition coefficient (Wildman–Crippen LogP) is 4.10. The number of rotatable bonds is 4. The van der Waals surface area contributed by atoms with E-state index in [0.29, 0.717) is 5.56 Å². The van der Waals surface area contributed by atoms with Gasteiger partial charge >= 0.3 is 0 Å². The number of anilines is 1. The van der Waals surface area contributed by atoms with E-state index in [4.69, 9.17) is 0 Å². The molecule has 0 heterocycles. The Kier molecular flexibility index (Phi) is 5.16. The van der Waals surface area contributed by atoms with Crippen LogP contribution in [-0.4, -0.2) is 11.7 Å². The zero-order chi connectivity index (χ0) is 16.1. The quantitative estimate of drug-likeness (QED) is 0.654. The summed E-state index contributed by atoms with van der Waals surface area (Å²) in [5.74, 6) is -2.54. The first-order valence-electron chi connectivity index (χ1n) is 6.20. The molecule has 0 aliphatic rings. The topological polar surface area (TPSA) is 46.2 Å². The summed E-state index contributed by atoms with van der Waals surface area (Å²) in [6.07, 6.45) is 2.03. The fourth-order valence-corrected chi connectivity index (χ4v) is 1.89. The predicted molar refractivity (Wildman–Crippen MR) is 82.6 cm³/mol. The molecule has 3 nitrogen and oxygen atoms in total. The van der Waals surface area contributed by atoms with Crippen LogP contribution in [0, 0.1) is 11.6 Å². The van der Waals surface area contributed by atoms with E-state index in [1.807, 2.05) is 0 Å². The third-order valence-electron chi connectivity index (χ3n) is 2.70. The van der Waals surface area contributed by atoms with E-state index in [1.165, 1.54) is 0 Å². The van der Waals surface area contributed by atoms with Crippen molar-refractivity contribution in [3.05, 3.63) is 76.3 Å². The van der Waals surface area contributed by atoms with Crippen molar-refractivity contribution in [1.82, 2.24) is 0 Å². The first-order valence-corrected chi connectivity index (χ1v) is 6.99. The number of amides is 1. The highest BCUT2D eigenvalue weighted by molar-refractivity contribution is 9.10. The van der Waals surface area contributed by atoms with Crippen LogP contribution in [0.15, 0.2) is 59.1 Å².